The molecule has 2 aromatic rings. The van der Waals surface area contributed by atoms with Gasteiger partial charge in [-0.3, -0.25) is 4.79 Å². The Balaban J connectivity index is 1.45. The summed E-state index contributed by atoms with van der Waals surface area (Å²) in [4.78, 5) is 26.7. The lowest BCUT2D eigenvalue weighted by Gasteiger charge is -2.38. The van der Waals surface area contributed by atoms with E-state index in [0.717, 1.165) is 53.2 Å². The molecule has 8 heteroatoms. The number of nitrogens with one attached hydrogen (secondary N) is 1. The lowest BCUT2D eigenvalue weighted by Crippen LogP contribution is -2.50. The number of nitrogens with zero attached hydrogens (tertiary/aromatic N) is 4. The third-order valence-corrected chi connectivity index (χ3v) is 7.25. The maximum atomic E-state index is 13.6. The van der Waals surface area contributed by atoms with Crippen molar-refractivity contribution in [2.45, 2.75) is 57.6 Å². The number of hydrogen-bond acceptors (Lipinski definition) is 6. The first kappa shape index (κ1) is 24.1. The quantitative estimate of drug-likeness (QED) is 0.586. The molecule has 1 unspecified atom stereocenters. The maximum Gasteiger partial charge on any atom is 0.230 e. The monoisotopic (exact) mass is 515 g/mol. The van der Waals surface area contributed by atoms with Crippen LogP contribution >= 0.6 is 15.9 Å². The fourth-order valence-electron chi connectivity index (χ4n) is 4.96. The topological polar surface area (TPSA) is 81.6 Å². The van der Waals surface area contributed by atoms with Gasteiger partial charge in [0.2, 0.25) is 5.91 Å². The number of hydrogen-bond donors (Lipinski definition) is 2. The van der Waals surface area contributed by atoms with Crippen molar-refractivity contribution in [2.24, 2.45) is 0 Å². The second-order valence-electron chi connectivity index (χ2n) is 9.46. The molecule has 1 aliphatic heterocycles. The van der Waals surface area contributed by atoms with Crippen molar-refractivity contribution in [3.05, 3.63) is 51.9 Å². The number of fused-ring (bicyclic) bond motifs is 1. The van der Waals surface area contributed by atoms with Crippen molar-refractivity contribution < 1.29 is 9.90 Å². The van der Waals surface area contributed by atoms with Gasteiger partial charge in [-0.1, -0.05) is 48.8 Å². The zero-order valence-electron chi connectivity index (χ0n) is 19.7. The molecule has 1 aromatic carbocycles. The zero-order valence-corrected chi connectivity index (χ0v) is 21.3. The third kappa shape index (κ3) is 5.39. The van der Waals surface area contributed by atoms with Gasteiger partial charge in [-0.2, -0.15) is 0 Å². The summed E-state index contributed by atoms with van der Waals surface area (Å²) in [5.74, 6) is 1.19. The highest BCUT2D eigenvalue weighted by atomic mass is 79.9. The van der Waals surface area contributed by atoms with E-state index in [1.165, 1.54) is 0 Å². The molecular weight excluding hydrogens is 482 g/mol. The molecule has 33 heavy (non-hydrogen) atoms. The van der Waals surface area contributed by atoms with E-state index in [-0.39, 0.29) is 17.7 Å². The zero-order chi connectivity index (χ0) is 23.5. The molecule has 1 amide bonds. The van der Waals surface area contributed by atoms with Crippen molar-refractivity contribution in [2.75, 3.05) is 37.6 Å². The fourth-order valence-corrected chi connectivity index (χ4v) is 5.22. The predicted octanol–water partition coefficient (Wildman–Crippen LogP) is 3.60. The molecule has 0 spiro atoms. The number of halogens is 1. The van der Waals surface area contributed by atoms with Crippen LogP contribution in [-0.4, -0.2) is 64.6 Å². The van der Waals surface area contributed by atoms with Crippen LogP contribution in [0.15, 0.2) is 35.1 Å². The Kier molecular flexibility index (Phi) is 7.66. The number of rotatable bonds is 7. The summed E-state index contributed by atoms with van der Waals surface area (Å²) in [7, 11) is 0. The molecule has 2 N–H and O–H groups in total. The molecule has 0 radical (unpaired) electrons. The van der Waals surface area contributed by atoms with Crippen LogP contribution in [0.25, 0.3) is 0 Å². The highest BCUT2D eigenvalue weighted by Crippen LogP contribution is 2.42. The molecule has 3 atom stereocenters. The second-order valence-corrected chi connectivity index (χ2v) is 10.4. The van der Waals surface area contributed by atoms with Crippen molar-refractivity contribution >= 4 is 27.7 Å². The van der Waals surface area contributed by atoms with E-state index in [0.29, 0.717) is 25.6 Å². The molecule has 0 saturated carbocycles. The van der Waals surface area contributed by atoms with Crippen molar-refractivity contribution in [1.82, 2.24) is 20.2 Å². The number of amides is 1. The lowest BCUT2D eigenvalue weighted by atomic mass is 9.93. The van der Waals surface area contributed by atoms with Gasteiger partial charge in [-0.25, -0.2) is 9.97 Å². The van der Waals surface area contributed by atoms with Gasteiger partial charge < -0.3 is 20.2 Å². The number of anilines is 1. The second kappa shape index (κ2) is 10.5. The Morgan fingerprint density at radius 2 is 1.88 bits per heavy atom. The van der Waals surface area contributed by atoms with Gasteiger partial charge in [0.1, 0.15) is 12.1 Å². The average molecular weight is 516 g/mol. The number of carbonyl (C=O) groups excluding carboxylic acids is 1. The van der Waals surface area contributed by atoms with Crippen molar-refractivity contribution in [3.63, 3.8) is 0 Å². The van der Waals surface area contributed by atoms with Crippen LogP contribution in [0.4, 0.5) is 5.82 Å². The summed E-state index contributed by atoms with van der Waals surface area (Å²) in [6.45, 7) is 9.97. The van der Waals surface area contributed by atoms with Crippen LogP contribution in [-0.2, 0) is 4.79 Å². The number of carbonyl (C=O) groups is 1. The van der Waals surface area contributed by atoms with Gasteiger partial charge in [0.15, 0.2) is 0 Å². The molecule has 1 aromatic heterocycles. The van der Waals surface area contributed by atoms with Gasteiger partial charge >= 0.3 is 0 Å². The summed E-state index contributed by atoms with van der Waals surface area (Å²) in [5.41, 5.74) is 2.89. The van der Waals surface area contributed by atoms with E-state index in [2.05, 4.69) is 69.0 Å². The molecule has 1 fully saturated rings. The van der Waals surface area contributed by atoms with Crippen molar-refractivity contribution in [1.29, 1.82) is 0 Å². The molecule has 2 aliphatic rings. The molecule has 178 valence electrons. The van der Waals surface area contributed by atoms with E-state index in [9.17, 15) is 9.90 Å². The van der Waals surface area contributed by atoms with Gasteiger partial charge in [-0.05, 0) is 43.0 Å². The highest BCUT2D eigenvalue weighted by molar-refractivity contribution is 9.10. The largest absolute Gasteiger partial charge is 0.387 e. The smallest absolute Gasteiger partial charge is 0.230 e. The minimum Gasteiger partial charge on any atom is -0.387 e. The standard InChI is InChI=1S/C25H34BrN5O2/c1-16(2)27-9-8-20(18-4-6-19(26)7-5-18)25(33)31-12-10-30(11-13-31)24-22-17(3)14-21(32)23(22)28-15-29-24/h4-7,15-17,20-21,27,32H,8-14H2,1-3H3/t17-,20?,21-/m1/s1. The van der Waals surface area contributed by atoms with Gasteiger partial charge in [0.05, 0.1) is 17.7 Å². The van der Waals surface area contributed by atoms with E-state index in [4.69, 9.17) is 0 Å². The SMILES string of the molecule is CC(C)NCCC(C(=O)N1CCN(c2ncnc3c2[C@H](C)C[C@H]3O)CC1)c1ccc(Br)cc1. The molecule has 1 saturated heterocycles. The lowest BCUT2D eigenvalue weighted by molar-refractivity contribution is -0.133. The summed E-state index contributed by atoms with van der Waals surface area (Å²) >= 11 is 3.50. The number of benzene rings is 1. The maximum absolute atomic E-state index is 13.6. The average Bonchev–Trinajstić information content (AvgIpc) is 3.11. The Morgan fingerprint density at radius 3 is 2.55 bits per heavy atom. The van der Waals surface area contributed by atoms with Crippen LogP contribution in [0.5, 0.6) is 0 Å². The normalized spacial score (nSPS) is 21.4. The van der Waals surface area contributed by atoms with Crippen LogP contribution < -0.4 is 10.2 Å². The first-order valence-electron chi connectivity index (χ1n) is 11.9. The minimum atomic E-state index is -0.509. The van der Waals surface area contributed by atoms with E-state index < -0.39 is 6.10 Å². The van der Waals surface area contributed by atoms with Gasteiger partial charge in [0.25, 0.3) is 0 Å². The van der Waals surface area contributed by atoms with E-state index >= 15 is 0 Å². The molecule has 7 nitrogen and oxygen atoms in total. The molecular formula is C25H34BrN5O2. The first-order chi connectivity index (χ1) is 15.8. The van der Waals surface area contributed by atoms with E-state index in [1.54, 1.807) is 6.33 Å². The molecule has 4 rings (SSSR count). The fraction of sp³-hybridized carbons (Fsp3) is 0.560. The van der Waals surface area contributed by atoms with Crippen LogP contribution in [0.3, 0.4) is 0 Å². The van der Waals surface area contributed by atoms with Gasteiger partial charge in [-0.15, -0.1) is 0 Å². The van der Waals surface area contributed by atoms with E-state index in [1.807, 2.05) is 17.0 Å². The Hall–Kier alpha value is -2.03. The number of piperazine rings is 1. The first-order valence-corrected chi connectivity index (χ1v) is 12.7. The molecule has 1 aliphatic carbocycles. The number of aliphatic hydroxyl groups excluding tert-OH is 1. The third-order valence-electron chi connectivity index (χ3n) is 6.73. The van der Waals surface area contributed by atoms with Crippen molar-refractivity contribution in [3.8, 4) is 0 Å². The minimum absolute atomic E-state index is 0.158. The number of aromatic nitrogens is 2. The van der Waals surface area contributed by atoms with Crippen LogP contribution in [0.2, 0.25) is 0 Å². The summed E-state index contributed by atoms with van der Waals surface area (Å²) in [6.07, 6.45) is 2.51. The Labute approximate surface area is 204 Å². The molecule has 0 bridgehead atoms. The highest BCUT2D eigenvalue weighted by Gasteiger charge is 2.35. The summed E-state index contributed by atoms with van der Waals surface area (Å²) < 4.78 is 1.02. The predicted molar refractivity (Wildman–Crippen MR) is 133 cm³/mol. The van der Waals surface area contributed by atoms with Gasteiger partial charge in [0, 0.05) is 42.3 Å². The number of aliphatic hydroxyl groups is 1. The Bertz CT molecular complexity index is 960. The Morgan fingerprint density at radius 1 is 1.18 bits per heavy atom. The van der Waals surface area contributed by atoms with Crippen LogP contribution in [0.1, 0.15) is 68.4 Å². The summed E-state index contributed by atoms with van der Waals surface area (Å²) in [6, 6.07) is 8.51. The molecule has 2 heterocycles. The summed E-state index contributed by atoms with van der Waals surface area (Å²) in [5, 5.41) is 13.8. The van der Waals surface area contributed by atoms with Crippen LogP contribution in [0, 0.1) is 0 Å².